The monoisotopic (exact) mass is 543 g/mol. The molecule has 0 bridgehead atoms. The van der Waals surface area contributed by atoms with Crippen LogP contribution in [0.25, 0.3) is 0 Å². The molecule has 2 aliphatic rings. The molecule has 3 heterocycles. The number of halogens is 1. The van der Waals surface area contributed by atoms with Gasteiger partial charge in [0.2, 0.25) is 0 Å². The molecule has 2 aromatic rings. The number of piperidine rings is 1. The first-order chi connectivity index (χ1) is 17.9. The van der Waals surface area contributed by atoms with E-state index in [1.807, 2.05) is 13.0 Å². The number of methoxy groups -OCH3 is 1. The van der Waals surface area contributed by atoms with Crippen molar-refractivity contribution in [2.24, 2.45) is 0 Å². The van der Waals surface area contributed by atoms with E-state index in [2.05, 4.69) is 32.9 Å². The van der Waals surface area contributed by atoms with E-state index in [1.165, 1.54) is 20.0 Å². The summed E-state index contributed by atoms with van der Waals surface area (Å²) in [5.41, 5.74) is 2.73. The zero-order valence-corrected chi connectivity index (χ0v) is 23.0. The Kier molecular flexibility index (Phi) is 9.23. The quantitative estimate of drug-likeness (QED) is 0.404. The summed E-state index contributed by atoms with van der Waals surface area (Å²) in [7, 11) is 3.69. The number of benzene rings is 1. The average Bonchev–Trinajstić information content (AvgIpc) is 2.87. The number of nitrogens with one attached hydrogen (secondary N) is 3. The zero-order valence-electron chi connectivity index (χ0n) is 21.5. The van der Waals surface area contributed by atoms with Crippen LogP contribution in [0.15, 0.2) is 47.9 Å². The van der Waals surface area contributed by atoms with Crippen LogP contribution in [0.2, 0.25) is 5.02 Å². The summed E-state index contributed by atoms with van der Waals surface area (Å²) in [5, 5.41) is 10.0. The Morgan fingerprint density at radius 2 is 2.16 bits per heavy atom. The summed E-state index contributed by atoms with van der Waals surface area (Å²) in [6.45, 7) is 4.16. The molecule has 37 heavy (non-hydrogen) atoms. The predicted octanol–water partition coefficient (Wildman–Crippen LogP) is 4.30. The largest absolute Gasteiger partial charge is 0.493 e. The maximum atomic E-state index is 13.0. The zero-order chi connectivity index (χ0) is 26.4. The number of likely N-dealkylation sites (tertiary alicyclic amines) is 1. The van der Waals surface area contributed by atoms with E-state index in [1.54, 1.807) is 30.6 Å². The summed E-state index contributed by atoms with van der Waals surface area (Å²) in [5.74, 6) is 0.980. The molecule has 2 atom stereocenters. The molecule has 1 fully saturated rings. The van der Waals surface area contributed by atoms with E-state index in [0.717, 1.165) is 30.0 Å². The normalized spacial score (nSPS) is 20.3. The summed E-state index contributed by atoms with van der Waals surface area (Å²) < 4.78 is 11.6. The molecule has 1 saturated heterocycles. The molecule has 10 heteroatoms. The number of hydrogen-bond donors (Lipinski definition) is 3. The van der Waals surface area contributed by atoms with Gasteiger partial charge in [0, 0.05) is 42.5 Å². The first-order valence-corrected chi connectivity index (χ1v) is 13.3. The van der Waals surface area contributed by atoms with Crippen molar-refractivity contribution >= 4 is 40.4 Å². The number of aromatic nitrogens is 1. The predicted molar refractivity (Wildman–Crippen MR) is 150 cm³/mol. The van der Waals surface area contributed by atoms with Gasteiger partial charge in [-0.3, -0.25) is 9.78 Å². The Hall–Kier alpha value is -2.88. The second-order valence-corrected chi connectivity index (χ2v) is 10.3. The lowest BCUT2D eigenvalue weighted by Crippen LogP contribution is -2.44. The van der Waals surface area contributed by atoms with Gasteiger partial charge in [-0.25, -0.2) is 0 Å². The SMILES string of the molecule is COc1c(Cl)cccc1NC(=S)C1=C(NCc2ccncc2OCC2CCCCN2C)CC(C)NC1=O. The Bertz CT molecular complexity index is 1170. The number of likely N-dealkylation sites (N-methyl/N-ethyl adjacent to an activating group) is 1. The number of hydrogen-bond acceptors (Lipinski definition) is 7. The highest BCUT2D eigenvalue weighted by Gasteiger charge is 2.28. The van der Waals surface area contributed by atoms with Crippen LogP contribution in [-0.2, 0) is 11.3 Å². The van der Waals surface area contributed by atoms with Gasteiger partial charge in [0.15, 0.2) is 5.75 Å². The molecule has 0 spiro atoms. The van der Waals surface area contributed by atoms with Crippen LogP contribution >= 0.6 is 23.8 Å². The topological polar surface area (TPSA) is 87.8 Å². The standard InChI is InChI=1S/C27H34ClN5O3S/c1-17-13-22(24(26(34)31-17)27(37)32-21-9-6-8-20(28)25(21)35-3)30-14-18-10-11-29-15-23(18)36-16-19-7-4-5-12-33(19)2/h6,8-11,15,17,19,30H,4-5,7,12-14,16H2,1-3H3,(H,31,34)(H,32,37). The van der Waals surface area contributed by atoms with Crippen molar-refractivity contribution in [3.63, 3.8) is 0 Å². The van der Waals surface area contributed by atoms with Crippen molar-refractivity contribution in [1.82, 2.24) is 20.5 Å². The lowest BCUT2D eigenvalue weighted by molar-refractivity contribution is -0.118. The minimum absolute atomic E-state index is 0.0303. The number of nitrogens with zero attached hydrogens (tertiary/aromatic N) is 2. The summed E-state index contributed by atoms with van der Waals surface area (Å²) in [6, 6.07) is 7.64. The summed E-state index contributed by atoms with van der Waals surface area (Å²) in [6.07, 6.45) is 7.72. The molecule has 3 N–H and O–H groups in total. The van der Waals surface area contributed by atoms with Crippen LogP contribution in [0.4, 0.5) is 5.69 Å². The average molecular weight is 544 g/mol. The second kappa shape index (κ2) is 12.6. The fraction of sp³-hybridized carbons (Fsp3) is 0.444. The number of carbonyl (C=O) groups is 1. The Morgan fingerprint density at radius 1 is 1.32 bits per heavy atom. The van der Waals surface area contributed by atoms with Crippen LogP contribution < -0.4 is 25.4 Å². The molecule has 2 aliphatic heterocycles. The van der Waals surface area contributed by atoms with Crippen molar-refractivity contribution in [3.05, 3.63) is 58.5 Å². The minimum Gasteiger partial charge on any atom is -0.493 e. The van der Waals surface area contributed by atoms with Gasteiger partial charge in [-0.2, -0.15) is 0 Å². The highest BCUT2D eigenvalue weighted by molar-refractivity contribution is 7.81. The number of ether oxygens (including phenoxy) is 2. The van der Waals surface area contributed by atoms with Gasteiger partial charge in [-0.15, -0.1) is 0 Å². The number of rotatable bonds is 9. The van der Waals surface area contributed by atoms with Gasteiger partial charge in [0.25, 0.3) is 5.91 Å². The fourth-order valence-corrected chi connectivity index (χ4v) is 5.30. The summed E-state index contributed by atoms with van der Waals surface area (Å²) >= 11 is 11.9. The Balaban J connectivity index is 1.51. The smallest absolute Gasteiger partial charge is 0.256 e. The third-order valence-corrected chi connectivity index (χ3v) is 7.38. The van der Waals surface area contributed by atoms with E-state index in [0.29, 0.717) is 52.6 Å². The van der Waals surface area contributed by atoms with E-state index in [-0.39, 0.29) is 11.9 Å². The molecular weight excluding hydrogens is 510 g/mol. The van der Waals surface area contributed by atoms with Crippen LogP contribution in [0, 0.1) is 0 Å². The highest BCUT2D eigenvalue weighted by Crippen LogP contribution is 2.33. The molecule has 0 aliphatic carbocycles. The number of amides is 1. The van der Waals surface area contributed by atoms with Crippen molar-refractivity contribution in [1.29, 1.82) is 0 Å². The van der Waals surface area contributed by atoms with Gasteiger partial charge in [0.05, 0.1) is 29.6 Å². The van der Waals surface area contributed by atoms with Crippen molar-refractivity contribution in [2.75, 3.05) is 32.6 Å². The van der Waals surface area contributed by atoms with Gasteiger partial charge in [0.1, 0.15) is 17.3 Å². The van der Waals surface area contributed by atoms with Gasteiger partial charge >= 0.3 is 0 Å². The lowest BCUT2D eigenvalue weighted by atomic mass is 10.0. The molecule has 0 radical (unpaired) electrons. The lowest BCUT2D eigenvalue weighted by Gasteiger charge is -2.32. The maximum Gasteiger partial charge on any atom is 0.256 e. The third kappa shape index (κ3) is 6.71. The molecule has 1 aromatic heterocycles. The molecule has 4 rings (SSSR count). The fourth-order valence-electron chi connectivity index (χ4n) is 4.72. The molecule has 0 saturated carbocycles. The second-order valence-electron chi connectivity index (χ2n) is 9.49. The highest BCUT2D eigenvalue weighted by atomic mass is 35.5. The van der Waals surface area contributed by atoms with Crippen molar-refractivity contribution < 1.29 is 14.3 Å². The van der Waals surface area contributed by atoms with E-state index in [9.17, 15) is 4.79 Å². The van der Waals surface area contributed by atoms with Gasteiger partial charge in [-0.1, -0.05) is 36.3 Å². The van der Waals surface area contributed by atoms with Crippen molar-refractivity contribution in [3.8, 4) is 11.5 Å². The van der Waals surface area contributed by atoms with E-state index >= 15 is 0 Å². The minimum atomic E-state index is -0.230. The Labute approximate surface area is 228 Å². The van der Waals surface area contributed by atoms with Gasteiger partial charge in [-0.05, 0) is 51.6 Å². The first-order valence-electron chi connectivity index (χ1n) is 12.5. The molecule has 2 unspecified atom stereocenters. The molecule has 198 valence electrons. The Morgan fingerprint density at radius 3 is 2.95 bits per heavy atom. The number of para-hydroxylation sites is 1. The maximum absolute atomic E-state index is 13.0. The third-order valence-electron chi connectivity index (χ3n) is 6.78. The molecule has 1 amide bonds. The van der Waals surface area contributed by atoms with Gasteiger partial charge < -0.3 is 30.3 Å². The molecule has 1 aromatic carbocycles. The number of carbonyl (C=O) groups excluding carboxylic acids is 1. The number of pyridine rings is 1. The number of thiocarbonyl (C=S) groups is 1. The van der Waals surface area contributed by atoms with Crippen molar-refractivity contribution in [2.45, 2.75) is 51.2 Å². The summed E-state index contributed by atoms with van der Waals surface area (Å²) in [4.78, 5) is 19.9. The first kappa shape index (κ1) is 27.2. The van der Waals surface area contributed by atoms with Crippen LogP contribution in [-0.4, -0.2) is 60.2 Å². The molecular formula is C27H34ClN5O3S. The van der Waals surface area contributed by atoms with E-state index < -0.39 is 0 Å². The van der Waals surface area contributed by atoms with Crippen LogP contribution in [0.1, 0.15) is 38.2 Å². The number of anilines is 1. The van der Waals surface area contributed by atoms with Crippen LogP contribution in [0.3, 0.4) is 0 Å². The van der Waals surface area contributed by atoms with Crippen LogP contribution in [0.5, 0.6) is 11.5 Å². The van der Waals surface area contributed by atoms with E-state index in [4.69, 9.17) is 33.3 Å². The molecule has 8 nitrogen and oxygen atoms in total.